The Morgan fingerprint density at radius 2 is 1.78 bits per heavy atom. The standard InChI is InChI=1S/C22H29NO4/c1-5-26-20(24)19-11-9-17(10-12-19)7-6-8-18-13-15-23(16-14-18)21(25)27-22(2,3)4/h9-12,18H,5,8,13-16H2,1-4H3. The van der Waals surface area contributed by atoms with E-state index in [9.17, 15) is 9.59 Å². The number of piperidine rings is 1. The van der Waals surface area contributed by atoms with Gasteiger partial charge in [0.05, 0.1) is 12.2 Å². The van der Waals surface area contributed by atoms with Gasteiger partial charge >= 0.3 is 12.1 Å². The molecule has 1 aliphatic rings. The highest BCUT2D eigenvalue weighted by atomic mass is 16.6. The summed E-state index contributed by atoms with van der Waals surface area (Å²) in [5, 5.41) is 0. The highest BCUT2D eigenvalue weighted by Crippen LogP contribution is 2.21. The van der Waals surface area contributed by atoms with Crippen molar-refractivity contribution in [2.75, 3.05) is 19.7 Å². The summed E-state index contributed by atoms with van der Waals surface area (Å²) < 4.78 is 10.4. The lowest BCUT2D eigenvalue weighted by molar-refractivity contribution is 0.0185. The lowest BCUT2D eigenvalue weighted by atomic mass is 9.94. The van der Waals surface area contributed by atoms with Gasteiger partial charge in [0.2, 0.25) is 0 Å². The molecule has 1 aromatic rings. The predicted molar refractivity (Wildman–Crippen MR) is 104 cm³/mol. The summed E-state index contributed by atoms with van der Waals surface area (Å²) in [6.45, 7) is 9.24. The van der Waals surface area contributed by atoms with Gasteiger partial charge in [0.25, 0.3) is 0 Å². The summed E-state index contributed by atoms with van der Waals surface area (Å²) in [5.41, 5.74) is 0.966. The molecule has 0 bridgehead atoms. The zero-order valence-corrected chi connectivity index (χ0v) is 16.7. The van der Waals surface area contributed by atoms with Crippen molar-refractivity contribution in [2.45, 2.75) is 52.6 Å². The molecule has 146 valence electrons. The molecule has 0 spiro atoms. The average Bonchev–Trinajstić information content (AvgIpc) is 2.61. The third-order valence-electron chi connectivity index (χ3n) is 4.29. The van der Waals surface area contributed by atoms with Crippen LogP contribution in [0.5, 0.6) is 0 Å². The second-order valence-corrected chi connectivity index (χ2v) is 7.71. The minimum atomic E-state index is -0.456. The van der Waals surface area contributed by atoms with Gasteiger partial charge in [-0.05, 0) is 70.7 Å². The van der Waals surface area contributed by atoms with Gasteiger partial charge in [0, 0.05) is 25.1 Å². The van der Waals surface area contributed by atoms with Crippen molar-refractivity contribution >= 4 is 12.1 Å². The summed E-state index contributed by atoms with van der Waals surface area (Å²) in [6, 6.07) is 7.15. The van der Waals surface area contributed by atoms with Gasteiger partial charge in [-0.15, -0.1) is 0 Å². The number of esters is 1. The van der Waals surface area contributed by atoms with Crippen molar-refractivity contribution in [3.05, 3.63) is 35.4 Å². The Kier molecular flexibility index (Phi) is 7.29. The van der Waals surface area contributed by atoms with Crippen LogP contribution >= 0.6 is 0 Å². The average molecular weight is 371 g/mol. The highest BCUT2D eigenvalue weighted by molar-refractivity contribution is 5.89. The molecule has 1 fully saturated rings. The number of nitrogens with zero attached hydrogens (tertiary/aromatic N) is 1. The Morgan fingerprint density at radius 1 is 1.15 bits per heavy atom. The molecule has 0 atom stereocenters. The molecule has 1 saturated heterocycles. The number of carbonyl (C=O) groups excluding carboxylic acids is 2. The topological polar surface area (TPSA) is 55.8 Å². The summed E-state index contributed by atoms with van der Waals surface area (Å²) in [7, 11) is 0. The number of hydrogen-bond donors (Lipinski definition) is 0. The minimum Gasteiger partial charge on any atom is -0.462 e. The van der Waals surface area contributed by atoms with Gasteiger partial charge in [0.1, 0.15) is 5.60 Å². The number of hydrogen-bond acceptors (Lipinski definition) is 4. The number of amides is 1. The van der Waals surface area contributed by atoms with Crippen LogP contribution in [0.15, 0.2) is 24.3 Å². The quantitative estimate of drug-likeness (QED) is 0.589. The molecule has 0 aromatic heterocycles. The van der Waals surface area contributed by atoms with Gasteiger partial charge in [-0.2, -0.15) is 0 Å². The number of benzene rings is 1. The van der Waals surface area contributed by atoms with Crippen molar-refractivity contribution in [3.63, 3.8) is 0 Å². The lowest BCUT2D eigenvalue weighted by Crippen LogP contribution is -2.41. The van der Waals surface area contributed by atoms with E-state index < -0.39 is 5.60 Å². The van der Waals surface area contributed by atoms with Crippen LogP contribution in [-0.2, 0) is 9.47 Å². The first-order chi connectivity index (χ1) is 12.8. The molecule has 27 heavy (non-hydrogen) atoms. The largest absolute Gasteiger partial charge is 0.462 e. The predicted octanol–water partition coefficient (Wildman–Crippen LogP) is 4.25. The molecule has 0 saturated carbocycles. The van der Waals surface area contributed by atoms with Crippen molar-refractivity contribution in [3.8, 4) is 11.8 Å². The van der Waals surface area contributed by atoms with Crippen LogP contribution < -0.4 is 0 Å². The lowest BCUT2D eigenvalue weighted by Gasteiger charge is -2.32. The molecule has 1 aliphatic heterocycles. The zero-order valence-electron chi connectivity index (χ0n) is 16.7. The Labute approximate surface area is 162 Å². The molecule has 0 N–H and O–H groups in total. The van der Waals surface area contributed by atoms with E-state index in [4.69, 9.17) is 9.47 Å². The Balaban J connectivity index is 1.79. The van der Waals surface area contributed by atoms with Crippen molar-refractivity contribution in [2.24, 2.45) is 5.92 Å². The molecule has 5 nitrogen and oxygen atoms in total. The molecule has 0 radical (unpaired) electrons. The van der Waals surface area contributed by atoms with Crippen LogP contribution in [0, 0.1) is 17.8 Å². The van der Waals surface area contributed by atoms with Crippen LogP contribution in [0.3, 0.4) is 0 Å². The maximum Gasteiger partial charge on any atom is 0.410 e. The van der Waals surface area contributed by atoms with Gasteiger partial charge < -0.3 is 14.4 Å². The number of carbonyl (C=O) groups is 2. The van der Waals surface area contributed by atoms with E-state index in [1.807, 2.05) is 32.9 Å². The maximum atomic E-state index is 12.1. The van der Waals surface area contributed by atoms with Crippen LogP contribution in [-0.4, -0.2) is 42.3 Å². The summed E-state index contributed by atoms with van der Waals surface area (Å²) in [5.74, 6) is 6.56. The number of ether oxygens (including phenoxy) is 2. The maximum absolute atomic E-state index is 12.1. The van der Waals surface area contributed by atoms with Crippen LogP contribution in [0.2, 0.25) is 0 Å². The smallest absolute Gasteiger partial charge is 0.410 e. The summed E-state index contributed by atoms with van der Waals surface area (Å²) >= 11 is 0. The first kappa shape index (κ1) is 20.8. The van der Waals surface area contributed by atoms with E-state index in [0.29, 0.717) is 18.1 Å². The van der Waals surface area contributed by atoms with Crippen LogP contribution in [0.25, 0.3) is 0 Å². The minimum absolute atomic E-state index is 0.228. The van der Waals surface area contributed by atoms with Crippen LogP contribution in [0.4, 0.5) is 4.79 Å². The van der Waals surface area contributed by atoms with E-state index in [-0.39, 0.29) is 12.1 Å². The number of rotatable bonds is 3. The van der Waals surface area contributed by atoms with Gasteiger partial charge in [-0.1, -0.05) is 11.8 Å². The highest BCUT2D eigenvalue weighted by Gasteiger charge is 2.26. The third kappa shape index (κ3) is 6.97. The Bertz CT molecular complexity index is 699. The fourth-order valence-corrected chi connectivity index (χ4v) is 2.85. The molecule has 0 aliphatic carbocycles. The molecular formula is C22H29NO4. The fourth-order valence-electron chi connectivity index (χ4n) is 2.85. The third-order valence-corrected chi connectivity index (χ3v) is 4.29. The normalized spacial score (nSPS) is 14.9. The van der Waals surface area contributed by atoms with E-state index in [1.165, 1.54) is 0 Å². The van der Waals surface area contributed by atoms with Crippen LogP contribution in [0.1, 0.15) is 62.9 Å². The van der Waals surface area contributed by atoms with E-state index >= 15 is 0 Å². The molecule has 1 heterocycles. The van der Waals surface area contributed by atoms with E-state index in [0.717, 1.165) is 37.9 Å². The molecule has 5 heteroatoms. The summed E-state index contributed by atoms with van der Waals surface area (Å²) in [6.07, 6.45) is 2.46. The molecule has 1 amide bonds. The molecule has 1 aromatic carbocycles. The van der Waals surface area contributed by atoms with Gasteiger partial charge in [0.15, 0.2) is 0 Å². The SMILES string of the molecule is CCOC(=O)c1ccc(C#CCC2CCN(C(=O)OC(C)(C)C)CC2)cc1. The van der Waals surface area contributed by atoms with Crippen molar-refractivity contribution < 1.29 is 19.1 Å². The van der Waals surface area contributed by atoms with Crippen molar-refractivity contribution in [1.29, 1.82) is 0 Å². The molecule has 0 unspecified atom stereocenters. The Morgan fingerprint density at radius 3 is 2.33 bits per heavy atom. The molecule has 2 rings (SSSR count). The van der Waals surface area contributed by atoms with E-state index in [1.54, 1.807) is 24.0 Å². The zero-order chi connectivity index (χ0) is 19.9. The van der Waals surface area contributed by atoms with Gasteiger partial charge in [-0.25, -0.2) is 9.59 Å². The Hall–Kier alpha value is -2.48. The van der Waals surface area contributed by atoms with Crippen molar-refractivity contribution in [1.82, 2.24) is 4.90 Å². The van der Waals surface area contributed by atoms with Gasteiger partial charge in [-0.3, -0.25) is 0 Å². The second kappa shape index (κ2) is 9.45. The number of likely N-dealkylation sites (tertiary alicyclic amines) is 1. The first-order valence-corrected chi connectivity index (χ1v) is 9.52. The summed E-state index contributed by atoms with van der Waals surface area (Å²) in [4.78, 5) is 25.5. The fraction of sp³-hybridized carbons (Fsp3) is 0.545. The second-order valence-electron chi connectivity index (χ2n) is 7.71. The molecular weight excluding hydrogens is 342 g/mol. The first-order valence-electron chi connectivity index (χ1n) is 9.52. The monoisotopic (exact) mass is 371 g/mol. The van der Waals surface area contributed by atoms with E-state index in [2.05, 4.69) is 11.8 Å².